The summed E-state index contributed by atoms with van der Waals surface area (Å²) in [7, 11) is 0. The Labute approximate surface area is 69.0 Å². The molecule has 0 fully saturated rings. The van der Waals surface area contributed by atoms with Crippen molar-refractivity contribution in [3.05, 3.63) is 24.3 Å². The molecular weight excluding hydrogens is 168 g/mol. The molecule has 0 saturated carbocycles. The van der Waals surface area contributed by atoms with E-state index in [1.54, 1.807) is 18.2 Å². The summed E-state index contributed by atoms with van der Waals surface area (Å²) in [6, 6.07) is 6.90. The first-order valence-electron chi connectivity index (χ1n) is 2.60. The van der Waals surface area contributed by atoms with Gasteiger partial charge in [-0.1, -0.05) is 12.1 Å². The number of rotatable bonds is 2. The molecule has 1 aromatic rings. The monoisotopic (exact) mass is 174 g/mol. The van der Waals surface area contributed by atoms with Crippen LogP contribution in [0.4, 0.5) is 0 Å². The summed E-state index contributed by atoms with van der Waals surface area (Å²) in [5, 5.41) is 9.11. The molecule has 0 amide bonds. The fourth-order valence-electron chi connectivity index (χ4n) is 0.568. The van der Waals surface area contributed by atoms with E-state index in [2.05, 4.69) is 16.5 Å². The zero-order chi connectivity index (χ0) is 7.40. The number of benzene rings is 1. The van der Waals surface area contributed by atoms with Crippen LogP contribution in [0.3, 0.4) is 0 Å². The molecule has 1 rings (SSSR count). The first-order valence-corrected chi connectivity index (χ1v) is 3.71. The Morgan fingerprint density at radius 2 is 2.10 bits per heavy atom. The zero-order valence-corrected chi connectivity index (χ0v) is 6.73. The third kappa shape index (κ3) is 1.83. The lowest BCUT2D eigenvalue weighted by Crippen LogP contribution is -1.70. The van der Waals surface area contributed by atoms with Gasteiger partial charge in [0.15, 0.2) is 0 Å². The van der Waals surface area contributed by atoms with Crippen molar-refractivity contribution in [3.63, 3.8) is 0 Å². The highest BCUT2D eigenvalue weighted by Gasteiger charge is 1.97. The van der Waals surface area contributed by atoms with Gasteiger partial charge in [0.1, 0.15) is 5.75 Å². The largest absolute Gasteiger partial charge is 0.507 e. The van der Waals surface area contributed by atoms with Crippen LogP contribution in [-0.4, -0.2) is 5.11 Å². The molecule has 0 bridgehead atoms. The standard InChI is InChI=1S/C6H6O2S2/c7-5-3-1-2-4-6(5)10-8-9/h1-4,7,9H. The second-order valence-corrected chi connectivity index (χ2v) is 2.83. The maximum absolute atomic E-state index is 9.11. The molecular formula is C6H6O2S2. The Kier molecular flexibility index (Phi) is 2.92. The van der Waals surface area contributed by atoms with Gasteiger partial charge in [-0.2, -0.15) is 0 Å². The lowest BCUT2D eigenvalue weighted by atomic mass is 10.3. The van der Waals surface area contributed by atoms with Crippen molar-refractivity contribution in [2.24, 2.45) is 0 Å². The Hall–Kier alpha value is -0.320. The van der Waals surface area contributed by atoms with E-state index in [0.29, 0.717) is 4.90 Å². The third-order valence-corrected chi connectivity index (χ3v) is 1.82. The Bertz CT molecular complexity index is 215. The molecule has 1 N–H and O–H groups in total. The van der Waals surface area contributed by atoms with E-state index in [-0.39, 0.29) is 5.75 Å². The Morgan fingerprint density at radius 3 is 2.70 bits per heavy atom. The van der Waals surface area contributed by atoms with E-state index >= 15 is 0 Å². The number of aromatic hydroxyl groups is 1. The van der Waals surface area contributed by atoms with Crippen LogP contribution in [0, 0.1) is 0 Å². The molecule has 0 aliphatic carbocycles. The molecule has 0 aromatic heterocycles. The van der Waals surface area contributed by atoms with Crippen LogP contribution < -0.4 is 0 Å². The molecule has 0 heterocycles. The van der Waals surface area contributed by atoms with Crippen molar-refractivity contribution in [3.8, 4) is 5.75 Å². The average Bonchev–Trinajstić information content (AvgIpc) is 1.94. The van der Waals surface area contributed by atoms with E-state index in [0.717, 1.165) is 12.0 Å². The molecule has 0 aliphatic rings. The van der Waals surface area contributed by atoms with Crippen LogP contribution in [-0.2, 0) is 3.63 Å². The predicted octanol–water partition coefficient (Wildman–Crippen LogP) is 2.26. The topological polar surface area (TPSA) is 29.5 Å². The van der Waals surface area contributed by atoms with Crippen molar-refractivity contribution in [2.75, 3.05) is 0 Å². The average molecular weight is 174 g/mol. The van der Waals surface area contributed by atoms with Gasteiger partial charge in [-0.3, -0.25) is 0 Å². The predicted molar refractivity (Wildman–Crippen MR) is 44.0 cm³/mol. The van der Waals surface area contributed by atoms with Gasteiger partial charge in [-0.05, 0) is 25.0 Å². The van der Waals surface area contributed by atoms with E-state index in [1.165, 1.54) is 0 Å². The van der Waals surface area contributed by atoms with Crippen molar-refractivity contribution >= 4 is 25.0 Å². The van der Waals surface area contributed by atoms with Crippen LogP contribution in [0.2, 0.25) is 0 Å². The smallest absolute Gasteiger partial charge is 0.131 e. The summed E-state index contributed by atoms with van der Waals surface area (Å²) < 4.78 is 4.46. The van der Waals surface area contributed by atoms with Gasteiger partial charge in [0.05, 0.1) is 4.90 Å². The maximum Gasteiger partial charge on any atom is 0.131 e. The number of hydrogen-bond acceptors (Lipinski definition) is 4. The van der Waals surface area contributed by atoms with E-state index in [1.807, 2.05) is 6.07 Å². The molecule has 54 valence electrons. The molecule has 0 radical (unpaired) electrons. The molecule has 2 nitrogen and oxygen atoms in total. The fraction of sp³-hybridized carbons (Fsp3) is 0. The minimum Gasteiger partial charge on any atom is -0.507 e. The van der Waals surface area contributed by atoms with Gasteiger partial charge < -0.3 is 5.11 Å². The number of hydrogen-bond donors (Lipinski definition) is 2. The SMILES string of the molecule is Oc1ccccc1SOS. The number of phenols is 1. The maximum atomic E-state index is 9.11. The zero-order valence-electron chi connectivity index (χ0n) is 5.02. The van der Waals surface area contributed by atoms with Crippen molar-refractivity contribution in [1.29, 1.82) is 0 Å². The number of phenolic OH excluding ortho intramolecular Hbond substituents is 1. The highest BCUT2D eigenvalue weighted by Crippen LogP contribution is 2.28. The van der Waals surface area contributed by atoms with Gasteiger partial charge >= 0.3 is 0 Å². The second-order valence-electron chi connectivity index (χ2n) is 1.63. The van der Waals surface area contributed by atoms with Crippen molar-refractivity contribution < 1.29 is 8.74 Å². The highest BCUT2D eigenvalue weighted by molar-refractivity contribution is 8.01. The quantitative estimate of drug-likeness (QED) is 0.532. The fourth-order valence-corrected chi connectivity index (χ4v) is 1.18. The van der Waals surface area contributed by atoms with Crippen LogP contribution in [0.15, 0.2) is 29.2 Å². The van der Waals surface area contributed by atoms with E-state index in [9.17, 15) is 0 Å². The van der Waals surface area contributed by atoms with Crippen LogP contribution >= 0.6 is 25.0 Å². The van der Waals surface area contributed by atoms with Crippen LogP contribution in [0.1, 0.15) is 0 Å². The first kappa shape index (κ1) is 7.78. The third-order valence-electron chi connectivity index (χ3n) is 0.992. The lowest BCUT2D eigenvalue weighted by Gasteiger charge is -1.97. The van der Waals surface area contributed by atoms with Gasteiger partial charge in [0.2, 0.25) is 0 Å². The molecule has 0 unspecified atom stereocenters. The van der Waals surface area contributed by atoms with E-state index in [4.69, 9.17) is 5.11 Å². The molecule has 4 heteroatoms. The summed E-state index contributed by atoms with van der Waals surface area (Å²) in [5.74, 6) is 0.210. The normalized spacial score (nSPS) is 9.70. The van der Waals surface area contributed by atoms with Crippen molar-refractivity contribution in [2.45, 2.75) is 4.90 Å². The molecule has 0 spiro atoms. The summed E-state index contributed by atoms with van der Waals surface area (Å²) in [6.07, 6.45) is 0. The van der Waals surface area contributed by atoms with E-state index < -0.39 is 0 Å². The molecule has 1 aromatic carbocycles. The molecule has 0 saturated heterocycles. The second kappa shape index (κ2) is 3.75. The molecule has 0 aliphatic heterocycles. The minimum absolute atomic E-state index is 0.210. The van der Waals surface area contributed by atoms with Crippen LogP contribution in [0.25, 0.3) is 0 Å². The highest BCUT2D eigenvalue weighted by atomic mass is 32.2. The summed E-state index contributed by atoms with van der Waals surface area (Å²) in [4.78, 5) is 0.664. The lowest BCUT2D eigenvalue weighted by molar-refractivity contribution is 0.461. The Balaban J connectivity index is 2.81. The molecule has 0 atom stereocenters. The van der Waals surface area contributed by atoms with Gasteiger partial charge in [-0.25, -0.2) is 3.63 Å². The summed E-state index contributed by atoms with van der Waals surface area (Å²) in [5.41, 5.74) is 0. The van der Waals surface area contributed by atoms with Gasteiger partial charge in [-0.15, -0.1) is 0 Å². The first-order chi connectivity index (χ1) is 4.84. The molecule has 10 heavy (non-hydrogen) atoms. The minimum atomic E-state index is 0.210. The Morgan fingerprint density at radius 1 is 1.40 bits per heavy atom. The number of thiol groups is 1. The van der Waals surface area contributed by atoms with Crippen LogP contribution in [0.5, 0.6) is 5.75 Å². The van der Waals surface area contributed by atoms with Gasteiger partial charge in [0.25, 0.3) is 0 Å². The summed E-state index contributed by atoms with van der Waals surface area (Å²) >= 11 is 4.55. The number of para-hydroxylation sites is 1. The van der Waals surface area contributed by atoms with Gasteiger partial charge in [0, 0.05) is 12.0 Å². The summed E-state index contributed by atoms with van der Waals surface area (Å²) in [6.45, 7) is 0. The van der Waals surface area contributed by atoms with Crippen molar-refractivity contribution in [1.82, 2.24) is 0 Å².